The molecular formula is CdCoCuSi. The van der Waals surface area contributed by atoms with Crippen molar-refractivity contribution in [3.63, 3.8) is 0 Å². The molecule has 0 aromatic carbocycles. The first-order valence-electron chi connectivity index (χ1n) is 0. The Hall–Kier alpha value is 2.16. The van der Waals surface area contributed by atoms with Crippen LogP contribution in [0.25, 0.3) is 0 Å². The molecule has 0 saturated heterocycles. The smallest absolute Gasteiger partial charge is 0 e. The van der Waals surface area contributed by atoms with Gasteiger partial charge in [0, 0.05) is 72.1 Å². The molecule has 26 valence electrons. The fourth-order valence-electron chi connectivity index (χ4n) is 0. The van der Waals surface area contributed by atoms with Gasteiger partial charge in [-0.3, -0.25) is 0 Å². The van der Waals surface area contributed by atoms with E-state index in [4.69, 9.17) is 0 Å². The van der Waals surface area contributed by atoms with Gasteiger partial charge in [-0.1, -0.05) is 0 Å². The van der Waals surface area contributed by atoms with Crippen molar-refractivity contribution in [2.45, 2.75) is 0 Å². The van der Waals surface area contributed by atoms with Crippen LogP contribution in [0.1, 0.15) is 0 Å². The molecule has 0 amide bonds. The summed E-state index contributed by atoms with van der Waals surface area (Å²) in [4.78, 5) is 0. The quantitative estimate of drug-likeness (QED) is 0.522. The van der Waals surface area contributed by atoms with E-state index in [1.807, 2.05) is 0 Å². The molecule has 0 aromatic rings. The molecule has 0 aliphatic rings. The van der Waals surface area contributed by atoms with E-state index < -0.39 is 0 Å². The van der Waals surface area contributed by atoms with Gasteiger partial charge in [0.25, 0.3) is 0 Å². The fourth-order valence-corrected chi connectivity index (χ4v) is 0. The summed E-state index contributed by atoms with van der Waals surface area (Å²) < 4.78 is 0. The summed E-state index contributed by atoms with van der Waals surface area (Å²) in [6.45, 7) is 0. The molecule has 0 aromatic heterocycles. The molecule has 4 heavy (non-hydrogen) atoms. The van der Waals surface area contributed by atoms with Gasteiger partial charge >= 0.3 is 0 Å². The Kier molecular flexibility index (Phi) is 168. The normalized spacial score (nSPS) is 0. The molecule has 4 heteroatoms. The van der Waals surface area contributed by atoms with Gasteiger partial charge in [-0.15, -0.1) is 0 Å². The van der Waals surface area contributed by atoms with E-state index in [1.54, 1.807) is 0 Å². The third-order valence-corrected chi connectivity index (χ3v) is 0. The summed E-state index contributed by atoms with van der Waals surface area (Å²) in [5.41, 5.74) is 0. The van der Waals surface area contributed by atoms with Crippen molar-refractivity contribution in [3.05, 3.63) is 0 Å². The molecule has 0 heterocycles. The van der Waals surface area contributed by atoms with Crippen LogP contribution in [-0.2, 0) is 61.1 Å². The molecule has 0 N–H and O–H groups in total. The maximum absolute atomic E-state index is 0. The Balaban J connectivity index is 0. The fraction of sp³-hybridized carbons (Fsp3) is 0. The summed E-state index contributed by atoms with van der Waals surface area (Å²) in [6, 6.07) is 0. The summed E-state index contributed by atoms with van der Waals surface area (Å²) in [7, 11) is 0. The second-order valence-corrected chi connectivity index (χ2v) is 0. The standard InChI is InChI=1S/Cd.Co.Cu.Si. The molecule has 0 spiro atoms. The van der Waals surface area contributed by atoms with Gasteiger partial charge in [0.2, 0.25) is 0 Å². The van der Waals surface area contributed by atoms with E-state index in [0.717, 1.165) is 0 Å². The van der Waals surface area contributed by atoms with E-state index in [2.05, 4.69) is 0 Å². The first-order chi connectivity index (χ1) is 0. The molecule has 0 bridgehead atoms. The zero-order chi connectivity index (χ0) is 0. The first kappa shape index (κ1) is 35.1. The second-order valence-electron chi connectivity index (χ2n) is 0. The Morgan fingerprint density at radius 2 is 1.00 bits per heavy atom. The maximum Gasteiger partial charge on any atom is 0 e. The van der Waals surface area contributed by atoms with Crippen molar-refractivity contribution in [1.82, 2.24) is 0 Å². The molecule has 0 rings (SSSR count). The van der Waals surface area contributed by atoms with Crippen molar-refractivity contribution in [1.29, 1.82) is 0 Å². The zero-order valence-corrected chi connectivity index (χ0v) is 8.86. The largest absolute Gasteiger partial charge is 0 e. The number of hydrogen-bond donors (Lipinski definition) is 0. The van der Waals surface area contributed by atoms with Crippen LogP contribution in [0.4, 0.5) is 0 Å². The van der Waals surface area contributed by atoms with E-state index >= 15 is 0 Å². The van der Waals surface area contributed by atoms with Crippen LogP contribution in [0.15, 0.2) is 0 Å². The number of hydrogen-bond acceptors (Lipinski definition) is 0. The summed E-state index contributed by atoms with van der Waals surface area (Å²) in [6.07, 6.45) is 0. The van der Waals surface area contributed by atoms with E-state index in [-0.39, 0.29) is 72.1 Å². The number of rotatable bonds is 0. The van der Waals surface area contributed by atoms with Gasteiger partial charge in [0.05, 0.1) is 0 Å². The molecule has 0 nitrogen and oxygen atoms in total. The monoisotopic (exact) mass is 264 g/mol. The summed E-state index contributed by atoms with van der Waals surface area (Å²) in [5, 5.41) is 0. The van der Waals surface area contributed by atoms with Gasteiger partial charge < -0.3 is 0 Å². The van der Waals surface area contributed by atoms with E-state index in [0.29, 0.717) is 0 Å². The second kappa shape index (κ2) is 19.1. The van der Waals surface area contributed by atoms with Crippen LogP contribution in [-0.4, -0.2) is 11.0 Å². The van der Waals surface area contributed by atoms with Crippen LogP contribution in [0.2, 0.25) is 0 Å². The van der Waals surface area contributed by atoms with Crippen molar-refractivity contribution < 1.29 is 61.1 Å². The minimum atomic E-state index is 0. The molecule has 0 aliphatic heterocycles. The van der Waals surface area contributed by atoms with Crippen molar-refractivity contribution >= 4 is 11.0 Å². The van der Waals surface area contributed by atoms with E-state index in [1.165, 1.54) is 0 Å². The van der Waals surface area contributed by atoms with Crippen LogP contribution >= 0.6 is 0 Å². The van der Waals surface area contributed by atoms with Crippen molar-refractivity contribution in [3.8, 4) is 0 Å². The average molecular weight is 263 g/mol. The van der Waals surface area contributed by atoms with Crippen LogP contribution in [0.3, 0.4) is 0 Å². The summed E-state index contributed by atoms with van der Waals surface area (Å²) >= 11 is 0. The molecule has 0 saturated carbocycles. The third-order valence-electron chi connectivity index (χ3n) is 0. The topological polar surface area (TPSA) is 0 Å². The Morgan fingerprint density at radius 1 is 1.00 bits per heavy atom. The molecule has 0 aliphatic carbocycles. The molecule has 0 atom stereocenters. The Labute approximate surface area is 71.3 Å². The zero-order valence-electron chi connectivity index (χ0n) is 1.84. The first-order valence-corrected chi connectivity index (χ1v) is 0. The average Bonchev–Trinajstić information content (AvgIpc) is 0. The molecule has 6 radical (unpaired) electrons. The maximum atomic E-state index is 0. The Morgan fingerprint density at radius 3 is 1.00 bits per heavy atom. The Bertz CT molecular complexity index is 8.00. The molecule has 0 unspecified atom stereocenters. The van der Waals surface area contributed by atoms with E-state index in [9.17, 15) is 0 Å². The third kappa shape index (κ3) is 8.90. The van der Waals surface area contributed by atoms with Gasteiger partial charge in [-0.05, 0) is 0 Å². The van der Waals surface area contributed by atoms with Crippen LogP contribution in [0, 0.1) is 0 Å². The minimum Gasteiger partial charge on any atom is 0 e. The summed E-state index contributed by atoms with van der Waals surface area (Å²) in [5.74, 6) is 0. The molecule has 0 fully saturated rings. The van der Waals surface area contributed by atoms with Gasteiger partial charge in [-0.2, -0.15) is 0 Å². The minimum absolute atomic E-state index is 0. The predicted octanol–water partition coefficient (Wildman–Crippen LogP) is -0.388. The van der Waals surface area contributed by atoms with Gasteiger partial charge in [0.15, 0.2) is 0 Å². The predicted molar refractivity (Wildman–Crippen MR) is 5.75 cm³/mol. The molecular weight excluding hydrogens is 263 g/mol. The van der Waals surface area contributed by atoms with Gasteiger partial charge in [-0.25, -0.2) is 0 Å². The van der Waals surface area contributed by atoms with Crippen LogP contribution < -0.4 is 0 Å². The van der Waals surface area contributed by atoms with Crippen LogP contribution in [0.5, 0.6) is 0 Å². The SMILES string of the molecule is [Cd].[Co].[Cu].[Si]. The van der Waals surface area contributed by atoms with Gasteiger partial charge in [0.1, 0.15) is 0 Å². The van der Waals surface area contributed by atoms with Crippen molar-refractivity contribution in [2.75, 3.05) is 0 Å². The van der Waals surface area contributed by atoms with Crippen molar-refractivity contribution in [2.24, 2.45) is 0 Å².